The molecule has 3 aromatic carbocycles. The van der Waals surface area contributed by atoms with Gasteiger partial charge in [-0.2, -0.15) is 5.10 Å². The molecule has 0 radical (unpaired) electrons. The van der Waals surface area contributed by atoms with Gasteiger partial charge < -0.3 is 15.0 Å². The van der Waals surface area contributed by atoms with Gasteiger partial charge in [0.25, 0.3) is 0 Å². The van der Waals surface area contributed by atoms with Gasteiger partial charge in [-0.15, -0.1) is 11.8 Å². The molecular formula is C31H31F2N5O3S. The van der Waals surface area contributed by atoms with Crippen LogP contribution in [-0.4, -0.2) is 73.1 Å². The summed E-state index contributed by atoms with van der Waals surface area (Å²) in [6.45, 7) is 0.787. The first kappa shape index (κ1) is 29.3. The number of carbonyl (C=O) groups is 2. The minimum Gasteiger partial charge on any atom is -0.497 e. The highest BCUT2D eigenvalue weighted by Gasteiger charge is 2.38. The molecule has 1 aliphatic rings. The molecule has 11 heteroatoms. The average Bonchev–Trinajstić information content (AvgIpc) is 3.31. The van der Waals surface area contributed by atoms with E-state index in [9.17, 15) is 14.0 Å². The summed E-state index contributed by atoms with van der Waals surface area (Å²) in [6.07, 6.45) is 0. The minimum absolute atomic E-state index is 0.0298. The number of aromatic nitrogens is 2. The van der Waals surface area contributed by atoms with Crippen molar-refractivity contribution < 1.29 is 23.1 Å². The van der Waals surface area contributed by atoms with E-state index in [4.69, 9.17) is 9.84 Å². The maximum absolute atomic E-state index is 15.4. The number of methoxy groups -OCH3 is 1. The Morgan fingerprint density at radius 1 is 1.10 bits per heavy atom. The Bertz CT molecular complexity index is 1580. The maximum Gasteiger partial charge on any atom is 0.240 e. The normalized spacial score (nSPS) is 15.0. The summed E-state index contributed by atoms with van der Waals surface area (Å²) in [5, 5.41) is 7.12. The fourth-order valence-corrected chi connectivity index (χ4v) is 6.03. The predicted molar refractivity (Wildman–Crippen MR) is 160 cm³/mol. The lowest BCUT2D eigenvalue weighted by molar-refractivity contribution is -0.122. The zero-order valence-electron chi connectivity index (χ0n) is 23.5. The van der Waals surface area contributed by atoms with E-state index in [1.807, 2.05) is 49.3 Å². The molecule has 1 N–H and O–H groups in total. The predicted octanol–water partition coefficient (Wildman–Crippen LogP) is 4.67. The first-order valence-electron chi connectivity index (χ1n) is 13.4. The van der Waals surface area contributed by atoms with E-state index in [1.165, 1.54) is 28.8 Å². The van der Waals surface area contributed by atoms with Gasteiger partial charge in [-0.3, -0.25) is 14.5 Å². The smallest absolute Gasteiger partial charge is 0.240 e. The quantitative estimate of drug-likeness (QED) is 0.305. The molecule has 5 rings (SSSR count). The number of hydrogen-bond donors (Lipinski definition) is 1. The van der Waals surface area contributed by atoms with Crippen molar-refractivity contribution in [2.45, 2.75) is 5.25 Å². The maximum atomic E-state index is 15.4. The number of likely N-dealkylation sites (N-methyl/N-ethyl adjacent to an activating group) is 1. The molecule has 1 atom stereocenters. The van der Waals surface area contributed by atoms with Crippen LogP contribution in [0.15, 0.2) is 72.8 Å². The van der Waals surface area contributed by atoms with E-state index in [0.29, 0.717) is 41.6 Å². The Labute approximate surface area is 247 Å². The zero-order chi connectivity index (χ0) is 29.8. The van der Waals surface area contributed by atoms with Gasteiger partial charge in [-0.05, 0) is 44.4 Å². The molecule has 1 aliphatic heterocycles. The third kappa shape index (κ3) is 6.17. The highest BCUT2D eigenvalue weighted by Crippen LogP contribution is 2.49. The molecule has 218 valence electrons. The monoisotopic (exact) mass is 591 g/mol. The highest BCUT2D eigenvalue weighted by molar-refractivity contribution is 8.00. The second-order valence-corrected chi connectivity index (χ2v) is 11.1. The van der Waals surface area contributed by atoms with Crippen LogP contribution < -0.4 is 15.0 Å². The molecule has 42 heavy (non-hydrogen) atoms. The summed E-state index contributed by atoms with van der Waals surface area (Å²) in [5.74, 6) is -1.13. The molecule has 0 saturated heterocycles. The number of thioether (sulfide) groups is 1. The van der Waals surface area contributed by atoms with Gasteiger partial charge in [0.2, 0.25) is 11.8 Å². The second kappa shape index (κ2) is 12.7. The molecule has 4 aromatic rings. The molecule has 0 unspecified atom stereocenters. The van der Waals surface area contributed by atoms with Gasteiger partial charge in [0, 0.05) is 35.8 Å². The molecule has 0 saturated carbocycles. The van der Waals surface area contributed by atoms with Crippen LogP contribution in [0.3, 0.4) is 0 Å². The zero-order valence-corrected chi connectivity index (χ0v) is 24.3. The minimum atomic E-state index is -0.725. The second-order valence-electron chi connectivity index (χ2n) is 10.1. The largest absolute Gasteiger partial charge is 0.497 e. The number of ether oxygens (including phenoxy) is 1. The molecule has 0 aliphatic carbocycles. The number of fused-ring (bicyclic) bond motifs is 1. The van der Waals surface area contributed by atoms with Crippen molar-refractivity contribution in [3.63, 3.8) is 0 Å². The SMILES string of the molecule is COc1ccc(-n2nc(-c3ccccc3)c3c2N(CC(=O)NCCN(C)C)C(=O)CS[C@H]3c2ccc(F)cc2F)cc1. The van der Waals surface area contributed by atoms with Crippen LogP contribution in [0.2, 0.25) is 0 Å². The Hall–Kier alpha value is -4.22. The molecule has 1 aromatic heterocycles. The summed E-state index contributed by atoms with van der Waals surface area (Å²) >= 11 is 1.22. The number of benzene rings is 3. The van der Waals surface area contributed by atoms with E-state index in [-0.39, 0.29) is 29.7 Å². The van der Waals surface area contributed by atoms with Crippen molar-refractivity contribution in [3.8, 4) is 22.7 Å². The van der Waals surface area contributed by atoms with E-state index >= 15 is 4.39 Å². The molecular weight excluding hydrogens is 560 g/mol. The number of hydrogen-bond acceptors (Lipinski definition) is 6. The number of amides is 2. The summed E-state index contributed by atoms with van der Waals surface area (Å²) in [6, 6.07) is 20.0. The van der Waals surface area contributed by atoms with Crippen molar-refractivity contribution >= 4 is 29.4 Å². The van der Waals surface area contributed by atoms with Gasteiger partial charge >= 0.3 is 0 Å². The van der Waals surface area contributed by atoms with Crippen LogP contribution in [0.25, 0.3) is 16.9 Å². The number of anilines is 1. The molecule has 0 spiro atoms. The number of halogens is 2. The lowest BCUT2D eigenvalue weighted by Crippen LogP contribution is -2.43. The van der Waals surface area contributed by atoms with Gasteiger partial charge in [0.15, 0.2) is 0 Å². The van der Waals surface area contributed by atoms with E-state index in [2.05, 4.69) is 5.32 Å². The Kier molecular flexibility index (Phi) is 8.89. The fraction of sp³-hybridized carbons (Fsp3) is 0.258. The first-order valence-corrected chi connectivity index (χ1v) is 14.4. The Morgan fingerprint density at radius 2 is 1.83 bits per heavy atom. The average molecular weight is 592 g/mol. The van der Waals surface area contributed by atoms with Crippen LogP contribution in [0.5, 0.6) is 5.75 Å². The number of carbonyl (C=O) groups excluding carboxylic acids is 2. The fourth-order valence-electron chi connectivity index (χ4n) is 4.81. The third-order valence-corrected chi connectivity index (χ3v) is 8.12. The number of nitrogens with zero attached hydrogens (tertiary/aromatic N) is 4. The first-order chi connectivity index (χ1) is 20.3. The molecule has 8 nitrogen and oxygen atoms in total. The van der Waals surface area contributed by atoms with Crippen molar-refractivity contribution in [1.82, 2.24) is 20.0 Å². The van der Waals surface area contributed by atoms with Gasteiger partial charge in [-0.1, -0.05) is 36.4 Å². The lowest BCUT2D eigenvalue weighted by atomic mass is 9.99. The van der Waals surface area contributed by atoms with Crippen molar-refractivity contribution in [2.75, 3.05) is 51.5 Å². The topological polar surface area (TPSA) is 79.7 Å². The van der Waals surface area contributed by atoms with Gasteiger partial charge in [0.1, 0.15) is 29.7 Å². The van der Waals surface area contributed by atoms with Crippen molar-refractivity contribution in [1.29, 1.82) is 0 Å². The standard InChI is InChI=1S/C31H31F2N5O3S/c1-36(2)16-15-34-26(39)18-37-27(40)19-42-30(24-14-9-21(32)17-25(24)33)28-29(20-7-5-4-6-8-20)35-38(31(28)37)22-10-12-23(41-3)13-11-22/h4-14,17,30H,15-16,18-19H2,1-3H3,(H,34,39)/t30-/m0/s1. The van der Waals surface area contributed by atoms with E-state index in [1.54, 1.807) is 36.1 Å². The summed E-state index contributed by atoms with van der Waals surface area (Å²) in [5.41, 5.74) is 2.66. The van der Waals surface area contributed by atoms with Crippen LogP contribution in [-0.2, 0) is 9.59 Å². The summed E-state index contributed by atoms with van der Waals surface area (Å²) in [4.78, 5) is 30.2. The molecule has 0 fully saturated rings. The third-order valence-electron chi connectivity index (χ3n) is 6.88. The van der Waals surface area contributed by atoms with Gasteiger partial charge in [0.05, 0.1) is 29.5 Å². The number of rotatable bonds is 9. The molecule has 2 amide bonds. The highest BCUT2D eigenvalue weighted by atomic mass is 32.2. The molecule has 2 heterocycles. The Morgan fingerprint density at radius 3 is 2.50 bits per heavy atom. The van der Waals surface area contributed by atoms with Crippen molar-refractivity contribution in [3.05, 3.63) is 95.6 Å². The van der Waals surface area contributed by atoms with Crippen LogP contribution in [0, 0.1) is 11.6 Å². The van der Waals surface area contributed by atoms with Crippen LogP contribution in [0.4, 0.5) is 14.6 Å². The van der Waals surface area contributed by atoms with E-state index in [0.717, 1.165) is 11.6 Å². The Balaban J connectivity index is 1.73. The van der Waals surface area contributed by atoms with E-state index < -0.39 is 16.9 Å². The lowest BCUT2D eigenvalue weighted by Gasteiger charge is -2.23. The van der Waals surface area contributed by atoms with Crippen LogP contribution in [0.1, 0.15) is 16.4 Å². The van der Waals surface area contributed by atoms with Crippen LogP contribution >= 0.6 is 11.8 Å². The summed E-state index contributed by atoms with van der Waals surface area (Å²) < 4.78 is 36.3. The summed E-state index contributed by atoms with van der Waals surface area (Å²) in [7, 11) is 5.37. The molecule has 0 bridgehead atoms. The number of nitrogens with one attached hydrogen (secondary N) is 1. The van der Waals surface area contributed by atoms with Gasteiger partial charge in [-0.25, -0.2) is 13.5 Å². The van der Waals surface area contributed by atoms with Crippen molar-refractivity contribution in [2.24, 2.45) is 0 Å².